The molecule has 2 heterocycles. The molecule has 80 valence electrons. The molecular weight excluding hydrogens is 258 g/mol. The van der Waals surface area contributed by atoms with Crippen molar-refractivity contribution in [2.75, 3.05) is 5.73 Å². The Morgan fingerprint density at radius 2 is 2.40 bits per heavy atom. The van der Waals surface area contributed by atoms with Gasteiger partial charge in [0.25, 0.3) is 0 Å². The fraction of sp³-hybridized carbons (Fsp3) is 0.300. The molecule has 2 aromatic rings. The van der Waals surface area contributed by atoms with Gasteiger partial charge < -0.3 is 10.2 Å². The Bertz CT molecular complexity index is 461. The number of nitrogens with two attached hydrogens (primary N) is 1. The van der Waals surface area contributed by atoms with E-state index in [-0.39, 0.29) is 0 Å². The van der Waals surface area contributed by atoms with E-state index in [0.29, 0.717) is 10.5 Å². The third-order valence-corrected chi connectivity index (χ3v) is 2.67. The van der Waals surface area contributed by atoms with Gasteiger partial charge in [-0.1, -0.05) is 13.3 Å². The van der Waals surface area contributed by atoms with Crippen molar-refractivity contribution in [2.45, 2.75) is 19.8 Å². The summed E-state index contributed by atoms with van der Waals surface area (Å²) in [5, 5.41) is 6.95. The minimum atomic E-state index is 0.573. The average Bonchev–Trinajstić information content (AvgIpc) is 2.76. The SMILES string of the molecule is CCCc1c(N)n[nH]c1-c1coc(Br)c1. The van der Waals surface area contributed by atoms with E-state index in [1.165, 1.54) is 0 Å². The van der Waals surface area contributed by atoms with Gasteiger partial charge in [-0.2, -0.15) is 5.10 Å². The third kappa shape index (κ3) is 1.92. The van der Waals surface area contributed by atoms with Crippen molar-refractivity contribution in [3.05, 3.63) is 22.6 Å². The average molecular weight is 270 g/mol. The normalized spacial score (nSPS) is 10.8. The highest BCUT2D eigenvalue weighted by Gasteiger charge is 2.13. The van der Waals surface area contributed by atoms with Crippen LogP contribution in [-0.4, -0.2) is 10.2 Å². The highest BCUT2D eigenvalue weighted by molar-refractivity contribution is 9.10. The maximum Gasteiger partial charge on any atom is 0.169 e. The summed E-state index contributed by atoms with van der Waals surface area (Å²) < 4.78 is 5.89. The number of H-pyrrole nitrogens is 1. The van der Waals surface area contributed by atoms with Crippen LogP contribution in [0.5, 0.6) is 0 Å². The monoisotopic (exact) mass is 269 g/mol. The molecular formula is C10H12BrN3O. The first kappa shape index (κ1) is 10.3. The molecule has 0 unspecified atom stereocenters. The smallest absolute Gasteiger partial charge is 0.169 e. The van der Waals surface area contributed by atoms with Gasteiger partial charge >= 0.3 is 0 Å². The number of furan rings is 1. The number of nitrogens with zero attached hydrogens (tertiary/aromatic N) is 1. The second-order valence-electron chi connectivity index (χ2n) is 3.35. The molecule has 5 heteroatoms. The molecule has 15 heavy (non-hydrogen) atoms. The van der Waals surface area contributed by atoms with E-state index in [9.17, 15) is 0 Å². The molecule has 3 N–H and O–H groups in total. The molecule has 0 spiro atoms. The zero-order valence-corrected chi connectivity index (χ0v) is 9.97. The van der Waals surface area contributed by atoms with Gasteiger partial charge in [0, 0.05) is 17.2 Å². The molecule has 0 radical (unpaired) electrons. The number of hydrogen-bond donors (Lipinski definition) is 2. The molecule has 0 aromatic carbocycles. The predicted molar refractivity (Wildman–Crippen MR) is 62.4 cm³/mol. The van der Waals surface area contributed by atoms with Crippen molar-refractivity contribution < 1.29 is 4.42 Å². The first-order valence-electron chi connectivity index (χ1n) is 4.79. The van der Waals surface area contributed by atoms with Crippen LogP contribution in [0.2, 0.25) is 0 Å². The molecule has 0 aliphatic rings. The zero-order valence-electron chi connectivity index (χ0n) is 8.38. The first-order chi connectivity index (χ1) is 7.22. The Morgan fingerprint density at radius 3 is 3.00 bits per heavy atom. The molecule has 0 aliphatic heterocycles. The second kappa shape index (κ2) is 4.10. The molecule has 0 atom stereocenters. The maximum absolute atomic E-state index is 5.79. The lowest BCUT2D eigenvalue weighted by atomic mass is 10.1. The van der Waals surface area contributed by atoms with Crippen LogP contribution in [-0.2, 0) is 6.42 Å². The number of halogens is 1. The summed E-state index contributed by atoms with van der Waals surface area (Å²) in [7, 11) is 0. The van der Waals surface area contributed by atoms with Crippen LogP contribution < -0.4 is 5.73 Å². The number of hydrogen-bond acceptors (Lipinski definition) is 3. The molecule has 0 amide bonds. The van der Waals surface area contributed by atoms with E-state index in [4.69, 9.17) is 10.2 Å². The van der Waals surface area contributed by atoms with Gasteiger partial charge in [0.1, 0.15) is 12.1 Å². The Morgan fingerprint density at radius 1 is 1.60 bits per heavy atom. The van der Waals surface area contributed by atoms with Crippen LogP contribution in [0.1, 0.15) is 18.9 Å². The van der Waals surface area contributed by atoms with Gasteiger partial charge in [0.05, 0.1) is 5.69 Å². The van der Waals surface area contributed by atoms with Crippen LogP contribution in [0.4, 0.5) is 5.82 Å². The lowest BCUT2D eigenvalue weighted by molar-refractivity contribution is 0.542. The largest absolute Gasteiger partial charge is 0.457 e. The fourth-order valence-corrected chi connectivity index (χ4v) is 1.90. The Kier molecular flexibility index (Phi) is 2.81. The number of nitrogens with one attached hydrogen (secondary N) is 1. The summed E-state index contributed by atoms with van der Waals surface area (Å²) in [6.07, 6.45) is 3.63. The molecule has 0 bridgehead atoms. The number of rotatable bonds is 3. The maximum atomic E-state index is 5.79. The van der Waals surface area contributed by atoms with Crippen LogP contribution in [0.25, 0.3) is 11.3 Å². The van der Waals surface area contributed by atoms with Gasteiger partial charge in [0.15, 0.2) is 4.67 Å². The summed E-state index contributed by atoms with van der Waals surface area (Å²) in [6, 6.07) is 1.89. The summed E-state index contributed by atoms with van der Waals surface area (Å²) in [5.41, 5.74) is 8.76. The van der Waals surface area contributed by atoms with Gasteiger partial charge in [-0.15, -0.1) is 0 Å². The molecule has 0 fully saturated rings. The molecule has 4 nitrogen and oxygen atoms in total. The Hall–Kier alpha value is -1.23. The van der Waals surface area contributed by atoms with Crippen molar-refractivity contribution in [3.63, 3.8) is 0 Å². The van der Waals surface area contributed by atoms with Crippen molar-refractivity contribution >= 4 is 21.7 Å². The summed E-state index contributed by atoms with van der Waals surface area (Å²) in [6.45, 7) is 2.11. The second-order valence-corrected chi connectivity index (χ2v) is 4.13. The summed E-state index contributed by atoms with van der Waals surface area (Å²) >= 11 is 3.27. The number of aromatic nitrogens is 2. The Labute approximate surface area is 96.0 Å². The van der Waals surface area contributed by atoms with Gasteiger partial charge in [-0.05, 0) is 22.4 Å². The van der Waals surface area contributed by atoms with Crippen molar-refractivity contribution in [1.82, 2.24) is 10.2 Å². The number of anilines is 1. The van der Waals surface area contributed by atoms with Crippen LogP contribution >= 0.6 is 15.9 Å². The zero-order chi connectivity index (χ0) is 10.8. The minimum Gasteiger partial charge on any atom is -0.457 e. The topological polar surface area (TPSA) is 67.8 Å². The number of nitrogen functional groups attached to an aromatic ring is 1. The Balaban J connectivity index is 2.43. The number of aromatic amines is 1. The molecule has 2 rings (SSSR count). The molecule has 0 saturated carbocycles. The standard InChI is InChI=1S/C10H12BrN3O/c1-2-3-7-9(13-14-10(7)12)6-4-8(11)15-5-6/h4-5H,2-3H2,1H3,(H3,12,13,14). The third-order valence-electron chi connectivity index (χ3n) is 2.26. The summed E-state index contributed by atoms with van der Waals surface area (Å²) in [4.78, 5) is 0. The van der Waals surface area contributed by atoms with Gasteiger partial charge in [-0.25, -0.2) is 0 Å². The van der Waals surface area contributed by atoms with Crippen molar-refractivity contribution in [2.24, 2.45) is 0 Å². The van der Waals surface area contributed by atoms with E-state index in [2.05, 4.69) is 33.1 Å². The van der Waals surface area contributed by atoms with Gasteiger partial charge in [0.2, 0.25) is 0 Å². The predicted octanol–water partition coefficient (Wildman–Crippen LogP) is 2.97. The molecule has 0 saturated heterocycles. The van der Waals surface area contributed by atoms with E-state index < -0.39 is 0 Å². The quantitative estimate of drug-likeness (QED) is 0.900. The van der Waals surface area contributed by atoms with Crippen LogP contribution in [0, 0.1) is 0 Å². The highest BCUT2D eigenvalue weighted by atomic mass is 79.9. The lowest BCUT2D eigenvalue weighted by Crippen LogP contribution is -1.92. The van der Waals surface area contributed by atoms with Crippen molar-refractivity contribution in [1.29, 1.82) is 0 Å². The van der Waals surface area contributed by atoms with E-state index >= 15 is 0 Å². The first-order valence-corrected chi connectivity index (χ1v) is 5.58. The highest BCUT2D eigenvalue weighted by Crippen LogP contribution is 2.29. The minimum absolute atomic E-state index is 0.573. The van der Waals surface area contributed by atoms with E-state index in [1.54, 1.807) is 6.26 Å². The van der Waals surface area contributed by atoms with E-state index in [1.807, 2.05) is 6.07 Å². The van der Waals surface area contributed by atoms with Crippen LogP contribution in [0.15, 0.2) is 21.4 Å². The lowest BCUT2D eigenvalue weighted by Gasteiger charge is -1.98. The van der Waals surface area contributed by atoms with Gasteiger partial charge in [-0.3, -0.25) is 5.10 Å². The molecule has 0 aliphatic carbocycles. The summed E-state index contributed by atoms with van der Waals surface area (Å²) in [5.74, 6) is 0.573. The van der Waals surface area contributed by atoms with E-state index in [0.717, 1.165) is 29.7 Å². The van der Waals surface area contributed by atoms with Crippen LogP contribution in [0.3, 0.4) is 0 Å². The molecule has 2 aromatic heterocycles. The fourth-order valence-electron chi connectivity index (χ4n) is 1.56. The van der Waals surface area contributed by atoms with Crippen molar-refractivity contribution in [3.8, 4) is 11.3 Å².